The molecule has 0 saturated carbocycles. The molecule has 0 heterocycles. The lowest BCUT2D eigenvalue weighted by atomic mass is 10.3. The zero-order chi connectivity index (χ0) is 13.8. The van der Waals surface area contributed by atoms with Gasteiger partial charge in [0.15, 0.2) is 0 Å². The molecule has 0 atom stereocenters. The maximum absolute atomic E-state index is 10.8. The Morgan fingerprint density at radius 2 is 2.06 bits per heavy atom. The molecule has 7 nitrogen and oxygen atoms in total. The summed E-state index contributed by atoms with van der Waals surface area (Å²) in [5.41, 5.74) is 0.760. The van der Waals surface area contributed by atoms with Crippen molar-refractivity contribution in [2.45, 2.75) is 0 Å². The van der Waals surface area contributed by atoms with Gasteiger partial charge in [0.1, 0.15) is 0 Å². The van der Waals surface area contributed by atoms with Crippen molar-refractivity contribution in [1.29, 1.82) is 0 Å². The van der Waals surface area contributed by atoms with Crippen LogP contribution in [0.5, 0.6) is 0 Å². The number of non-ortho nitro benzene ring substituents is 1. The smallest absolute Gasteiger partial charge is 0.270 e. The monoisotopic (exact) mass is 385 g/mol. The molecule has 1 aromatic carbocycles. The Bertz CT molecular complexity index is 547. The van der Waals surface area contributed by atoms with Crippen molar-refractivity contribution < 1.29 is 13.3 Å². The van der Waals surface area contributed by atoms with Crippen LogP contribution in [0.1, 0.15) is 0 Å². The van der Waals surface area contributed by atoms with Crippen LogP contribution in [-0.4, -0.2) is 32.7 Å². The van der Waals surface area contributed by atoms with E-state index in [1.807, 2.05) is 22.6 Å². The third kappa shape index (κ3) is 5.14. The summed E-state index contributed by atoms with van der Waals surface area (Å²) in [4.78, 5) is 10.1. The van der Waals surface area contributed by atoms with Gasteiger partial charge in [-0.05, 0) is 28.7 Å². The van der Waals surface area contributed by atoms with Gasteiger partial charge in [0.2, 0.25) is 10.0 Å². The second-order valence-corrected chi connectivity index (χ2v) is 6.51. The first kappa shape index (κ1) is 15.1. The van der Waals surface area contributed by atoms with Crippen molar-refractivity contribution in [2.24, 2.45) is 0 Å². The minimum absolute atomic E-state index is 0.0270. The van der Waals surface area contributed by atoms with Crippen LogP contribution in [0.25, 0.3) is 0 Å². The summed E-state index contributed by atoms with van der Waals surface area (Å²) >= 11 is 1.98. The van der Waals surface area contributed by atoms with Crippen molar-refractivity contribution in [2.75, 3.05) is 24.7 Å². The van der Waals surface area contributed by atoms with Gasteiger partial charge in [0.25, 0.3) is 5.69 Å². The number of halogens is 1. The van der Waals surface area contributed by atoms with E-state index in [0.29, 0.717) is 10.1 Å². The van der Waals surface area contributed by atoms with Gasteiger partial charge in [-0.15, -0.1) is 0 Å². The van der Waals surface area contributed by atoms with Gasteiger partial charge in [0, 0.05) is 34.5 Å². The fourth-order valence-electron chi connectivity index (χ4n) is 1.19. The van der Waals surface area contributed by atoms with Crippen molar-refractivity contribution in [1.82, 2.24) is 4.72 Å². The molecule has 9 heteroatoms. The maximum atomic E-state index is 10.8. The second kappa shape index (κ2) is 6.29. The van der Waals surface area contributed by atoms with Gasteiger partial charge in [-0.1, -0.05) is 0 Å². The molecule has 0 spiro atoms. The maximum Gasteiger partial charge on any atom is 0.270 e. The summed E-state index contributed by atoms with van der Waals surface area (Å²) < 4.78 is 24.7. The van der Waals surface area contributed by atoms with Gasteiger partial charge in [-0.25, -0.2) is 13.1 Å². The zero-order valence-corrected chi connectivity index (χ0v) is 12.5. The van der Waals surface area contributed by atoms with E-state index in [1.54, 1.807) is 6.07 Å². The van der Waals surface area contributed by atoms with Gasteiger partial charge >= 0.3 is 0 Å². The number of anilines is 1. The van der Waals surface area contributed by atoms with E-state index >= 15 is 0 Å². The summed E-state index contributed by atoms with van der Waals surface area (Å²) in [5.74, 6) is 0. The molecule has 0 fully saturated rings. The SMILES string of the molecule is CS(=O)(=O)NCCNc1ccc([N+](=O)[O-])cc1I. The summed E-state index contributed by atoms with van der Waals surface area (Å²) in [6, 6.07) is 4.45. The summed E-state index contributed by atoms with van der Waals surface area (Å²) in [7, 11) is -3.19. The lowest BCUT2D eigenvalue weighted by molar-refractivity contribution is -0.384. The first-order chi connectivity index (χ1) is 8.29. The molecule has 0 saturated heterocycles. The third-order valence-electron chi connectivity index (χ3n) is 1.97. The molecule has 0 aliphatic rings. The summed E-state index contributed by atoms with van der Waals surface area (Å²) in [6.45, 7) is 0.660. The predicted molar refractivity (Wildman–Crippen MR) is 77.1 cm³/mol. The quantitative estimate of drug-likeness (QED) is 0.331. The Morgan fingerprint density at radius 3 is 2.56 bits per heavy atom. The van der Waals surface area contributed by atoms with Crippen LogP contribution >= 0.6 is 22.6 Å². The number of benzene rings is 1. The fraction of sp³-hybridized carbons (Fsp3) is 0.333. The van der Waals surface area contributed by atoms with E-state index in [2.05, 4.69) is 10.0 Å². The van der Waals surface area contributed by atoms with Gasteiger partial charge in [0.05, 0.1) is 11.2 Å². The van der Waals surface area contributed by atoms with E-state index in [9.17, 15) is 18.5 Å². The fourth-order valence-corrected chi connectivity index (χ4v) is 2.36. The molecule has 0 amide bonds. The van der Waals surface area contributed by atoms with Crippen LogP contribution < -0.4 is 10.0 Å². The minimum atomic E-state index is -3.19. The van der Waals surface area contributed by atoms with E-state index in [-0.39, 0.29) is 12.2 Å². The minimum Gasteiger partial charge on any atom is -0.383 e. The number of nitrogens with one attached hydrogen (secondary N) is 2. The van der Waals surface area contributed by atoms with Gasteiger partial charge in [-0.3, -0.25) is 10.1 Å². The van der Waals surface area contributed by atoms with E-state index in [0.717, 1.165) is 11.9 Å². The van der Waals surface area contributed by atoms with Crippen LogP contribution in [0.3, 0.4) is 0 Å². The van der Waals surface area contributed by atoms with Gasteiger partial charge < -0.3 is 5.32 Å². The van der Waals surface area contributed by atoms with Crippen molar-refractivity contribution in [3.05, 3.63) is 31.9 Å². The topological polar surface area (TPSA) is 101 Å². The van der Waals surface area contributed by atoms with Crippen molar-refractivity contribution in [3.8, 4) is 0 Å². The molecule has 1 rings (SSSR count). The Balaban J connectivity index is 2.56. The molecule has 0 aliphatic heterocycles. The highest BCUT2D eigenvalue weighted by atomic mass is 127. The second-order valence-electron chi connectivity index (χ2n) is 3.51. The molecule has 0 aliphatic carbocycles. The highest BCUT2D eigenvalue weighted by Crippen LogP contribution is 2.23. The Kier molecular flexibility index (Phi) is 5.28. The number of hydrogen-bond donors (Lipinski definition) is 2. The highest BCUT2D eigenvalue weighted by molar-refractivity contribution is 14.1. The molecule has 2 N–H and O–H groups in total. The standard InChI is InChI=1S/C9H12IN3O4S/c1-18(16,17)12-5-4-11-9-3-2-7(13(14)15)6-8(9)10/h2-3,6,11-12H,4-5H2,1H3. The molecule has 100 valence electrons. The van der Waals surface area contributed by atoms with Crippen molar-refractivity contribution in [3.63, 3.8) is 0 Å². The summed E-state index contributed by atoms with van der Waals surface area (Å²) in [6.07, 6.45) is 1.09. The number of sulfonamides is 1. The molecular weight excluding hydrogens is 373 g/mol. The Morgan fingerprint density at radius 1 is 1.39 bits per heavy atom. The Labute approximate surface area is 118 Å². The molecule has 0 bridgehead atoms. The molecule has 0 radical (unpaired) electrons. The molecular formula is C9H12IN3O4S. The van der Waals surface area contributed by atoms with Crippen LogP contribution in [0.4, 0.5) is 11.4 Å². The average Bonchev–Trinajstić information content (AvgIpc) is 2.24. The van der Waals surface area contributed by atoms with Crippen LogP contribution in [0.15, 0.2) is 18.2 Å². The highest BCUT2D eigenvalue weighted by Gasteiger charge is 2.08. The van der Waals surface area contributed by atoms with Crippen LogP contribution in [0, 0.1) is 13.7 Å². The van der Waals surface area contributed by atoms with E-state index < -0.39 is 14.9 Å². The Hall–Kier alpha value is -0.940. The van der Waals surface area contributed by atoms with Crippen LogP contribution in [0.2, 0.25) is 0 Å². The van der Waals surface area contributed by atoms with Crippen LogP contribution in [-0.2, 0) is 10.0 Å². The van der Waals surface area contributed by atoms with E-state index in [1.165, 1.54) is 12.1 Å². The molecule has 1 aromatic rings. The zero-order valence-electron chi connectivity index (χ0n) is 9.51. The summed E-state index contributed by atoms with van der Waals surface area (Å²) in [5, 5.41) is 13.5. The number of nitro benzene ring substituents is 1. The first-order valence-corrected chi connectivity index (χ1v) is 7.89. The number of rotatable bonds is 6. The predicted octanol–water partition coefficient (Wildman–Crippen LogP) is 1.16. The normalized spacial score (nSPS) is 11.2. The lowest BCUT2D eigenvalue weighted by Crippen LogP contribution is -2.27. The average molecular weight is 385 g/mol. The van der Waals surface area contributed by atoms with Gasteiger partial charge in [-0.2, -0.15) is 0 Å². The number of nitro groups is 1. The van der Waals surface area contributed by atoms with E-state index in [4.69, 9.17) is 0 Å². The largest absolute Gasteiger partial charge is 0.383 e. The molecule has 0 aromatic heterocycles. The number of hydrogen-bond acceptors (Lipinski definition) is 5. The molecule has 0 unspecified atom stereocenters. The molecule has 18 heavy (non-hydrogen) atoms. The third-order valence-corrected chi connectivity index (χ3v) is 3.59. The number of nitrogens with zero attached hydrogens (tertiary/aromatic N) is 1. The first-order valence-electron chi connectivity index (χ1n) is 4.92. The van der Waals surface area contributed by atoms with Crippen molar-refractivity contribution >= 4 is 44.0 Å². The lowest BCUT2D eigenvalue weighted by Gasteiger charge is -2.08.